The van der Waals surface area contributed by atoms with E-state index in [1.54, 1.807) is 67.6 Å². The van der Waals surface area contributed by atoms with Crippen LogP contribution in [0, 0.1) is 0 Å². The van der Waals surface area contributed by atoms with Crippen LogP contribution in [0.5, 0.6) is 17.2 Å². The number of aromatic hydroxyl groups is 3. The molecule has 1 saturated heterocycles. The molecule has 10 N–H and O–H groups in total. The summed E-state index contributed by atoms with van der Waals surface area (Å²) < 4.78 is 5.07. The van der Waals surface area contributed by atoms with Crippen molar-refractivity contribution in [2.24, 2.45) is 0 Å². The number of nitrogens with one attached hydrogen (secondary N) is 5. The highest BCUT2D eigenvalue weighted by molar-refractivity contribution is 6.39. The lowest BCUT2D eigenvalue weighted by Gasteiger charge is -2.26. The number of carbonyl (C=O) groups is 15. The SMILES string of the molecule is C.CC(=O)N1C[C@H](NC(=O)c2cc(Cl)c(O)c(Cl)c2)C(=O)N(CC(=O)N[C@H](C=O)CC(=O)O)c2ccccc21.CC(=O)N1C[C@H](NC(=O)c2cc(Cl)c(O)c(Cl)c2)C(=O)N(CC(=O)N[C@H]2CC(=O)OC2C)c2ccccc21.CC(=O)N1C[C@H](NC(=O)c2cc(Cl)c(O)c(Cl)c2)C(=O)N(CC(=O)O)c2ccccc21. The molecular weight excluding hydrogens is 1540 g/mol. The first kappa shape index (κ1) is 84.0. The minimum absolute atomic E-state index is 0. The molecule has 570 valence electrons. The lowest BCUT2D eigenvalue weighted by molar-refractivity contribution is -0.141. The maximum absolute atomic E-state index is 13.7. The first-order valence-corrected chi connectivity index (χ1v) is 33.9. The largest absolute Gasteiger partial charge is 0.505 e. The fourth-order valence-corrected chi connectivity index (χ4v) is 12.8. The third-order valence-electron chi connectivity index (χ3n) is 16.5. The Kier molecular flexibility index (Phi) is 28.3. The number of carboxylic acid groups (broad SMARTS) is 2. The van der Waals surface area contributed by atoms with Crippen LogP contribution in [0.15, 0.2) is 109 Å². The summed E-state index contributed by atoms with van der Waals surface area (Å²) in [5.41, 5.74) is 1.58. The Hall–Kier alpha value is -11.3. The predicted molar refractivity (Wildman–Crippen MR) is 395 cm³/mol. The third-order valence-corrected chi connectivity index (χ3v) is 18.2. The van der Waals surface area contributed by atoms with Crippen LogP contribution in [0.1, 0.15) is 79.0 Å². The zero-order chi connectivity index (χ0) is 78.7. The smallest absolute Gasteiger partial charge is 0.323 e. The standard InChI is InChI=1S/C25H24Cl2N4O7.C24H22Cl2N4O8.C20H17Cl2N3O6.CH4/c1-12-17(9-22(34)38-12)28-21(33)11-31-20-6-4-3-5-19(20)30(13(2)32)10-18(25(31)37)29-24(36)14-7-15(26)23(35)16(27)8-14;1-12(32)29-9-17(28-23(37)13-6-15(25)22(36)16(26)7-13)24(38)30(19-5-3-2-4-18(19)29)10-20(33)27-14(11-31)8-21(34)35;1-10(26)24-8-14(23-19(30)11-6-12(21)18(29)13(22)7-11)20(31)25(9-17(27)28)16-5-3-2-4-15(16)24;/h3-8,12,17-18,35H,9-11H2,1-2H3,(H,28,33)(H,29,36);2-7,11,14,17,36H,8-10H2,1H3,(H,27,33)(H,28,37)(H,34,35);2-7,14,29H,8-9H2,1H3,(H,23,30)(H,27,28);1H4/t12?,17-,18-;14-,17-;14-;/m000./s1. The summed E-state index contributed by atoms with van der Waals surface area (Å²) in [6, 6.07) is 20.4. The molecule has 0 radical (unpaired) electrons. The van der Waals surface area contributed by atoms with Gasteiger partial charge in [-0.2, -0.15) is 0 Å². The van der Waals surface area contributed by atoms with E-state index in [1.165, 1.54) is 76.8 Å². The van der Waals surface area contributed by atoms with Gasteiger partial charge in [0.1, 0.15) is 50.1 Å². The summed E-state index contributed by atoms with van der Waals surface area (Å²) in [5.74, 6) is -11.2. The van der Waals surface area contributed by atoms with E-state index in [9.17, 15) is 92.3 Å². The quantitative estimate of drug-likeness (QED) is 0.0354. The van der Waals surface area contributed by atoms with Crippen LogP contribution in [-0.4, -0.2) is 190 Å². The van der Waals surface area contributed by atoms with Gasteiger partial charge in [-0.25, -0.2) is 0 Å². The van der Waals surface area contributed by atoms with E-state index >= 15 is 0 Å². The minimum Gasteiger partial charge on any atom is -0.505 e. The van der Waals surface area contributed by atoms with Crippen LogP contribution in [0.4, 0.5) is 34.1 Å². The minimum atomic E-state index is -1.35. The maximum atomic E-state index is 13.7. The number of esters is 1. The Labute approximate surface area is 644 Å². The molecule has 0 spiro atoms. The zero-order valence-corrected chi connectivity index (χ0v) is 60.8. The number of rotatable bonds is 17. The number of amides is 11. The van der Waals surface area contributed by atoms with Crippen LogP contribution in [-0.2, 0) is 62.3 Å². The topological polar surface area (TPSA) is 446 Å². The van der Waals surface area contributed by atoms with Gasteiger partial charge in [-0.15, -0.1) is 0 Å². The molecule has 11 amide bonds. The number of ether oxygens (including phenoxy) is 1. The first-order chi connectivity index (χ1) is 50.5. The number of phenolic OH excluding ortho intramolecular Hbond substituents is 3. The number of carbonyl (C=O) groups excluding carboxylic acids is 13. The van der Waals surface area contributed by atoms with E-state index in [0.29, 0.717) is 17.1 Å². The molecular formula is C70H67Cl6N11O21. The summed E-state index contributed by atoms with van der Waals surface area (Å²) >= 11 is 35.4. The number of hydrogen-bond donors (Lipinski definition) is 10. The average molecular weight is 1610 g/mol. The van der Waals surface area contributed by atoms with E-state index in [0.717, 1.165) is 21.9 Å². The number of carboxylic acids is 2. The van der Waals surface area contributed by atoms with Crippen LogP contribution in [0.3, 0.4) is 0 Å². The molecule has 38 heteroatoms. The normalized spacial score (nSPS) is 17.4. The van der Waals surface area contributed by atoms with Crippen molar-refractivity contribution in [3.05, 3.63) is 156 Å². The molecule has 1 unspecified atom stereocenters. The molecule has 6 aromatic carbocycles. The zero-order valence-electron chi connectivity index (χ0n) is 56.3. The summed E-state index contributed by atoms with van der Waals surface area (Å²) in [6.45, 7) is 3.07. The highest BCUT2D eigenvalue weighted by atomic mass is 35.5. The highest BCUT2D eigenvalue weighted by Gasteiger charge is 2.42. The number of hydrogen-bond acceptors (Lipinski definition) is 19. The van der Waals surface area contributed by atoms with Gasteiger partial charge >= 0.3 is 17.9 Å². The van der Waals surface area contributed by atoms with E-state index in [4.69, 9.17) is 79.4 Å². The molecule has 32 nitrogen and oxygen atoms in total. The molecule has 4 aliphatic heterocycles. The van der Waals surface area contributed by atoms with Gasteiger partial charge in [0.05, 0.1) is 109 Å². The predicted octanol–water partition coefficient (Wildman–Crippen LogP) is 6.29. The lowest BCUT2D eigenvalue weighted by atomic mass is 10.1. The van der Waals surface area contributed by atoms with Crippen molar-refractivity contribution in [3.63, 3.8) is 0 Å². The van der Waals surface area contributed by atoms with Crippen molar-refractivity contribution in [2.75, 3.05) is 68.7 Å². The summed E-state index contributed by atoms with van der Waals surface area (Å²) in [7, 11) is 0. The van der Waals surface area contributed by atoms with Crippen molar-refractivity contribution in [2.45, 2.75) is 84.3 Å². The van der Waals surface area contributed by atoms with Gasteiger partial charge in [-0.05, 0) is 79.7 Å². The van der Waals surface area contributed by atoms with Gasteiger partial charge in [0.2, 0.25) is 29.5 Å². The number of aliphatic carboxylic acids is 2. The molecule has 0 bridgehead atoms. The van der Waals surface area contributed by atoms with Gasteiger partial charge in [-0.1, -0.05) is 113 Å². The second-order valence-corrected chi connectivity index (χ2v) is 26.4. The maximum Gasteiger partial charge on any atom is 0.323 e. The van der Waals surface area contributed by atoms with Gasteiger partial charge in [0.15, 0.2) is 17.2 Å². The Balaban J connectivity index is 0.000000226. The van der Waals surface area contributed by atoms with Crippen molar-refractivity contribution >= 4 is 193 Å². The number of cyclic esters (lactones) is 1. The van der Waals surface area contributed by atoms with Gasteiger partial charge in [0, 0.05) is 37.5 Å². The number of aldehydes is 1. The number of anilines is 6. The fraction of sp³-hybridized carbons (Fsp3) is 0.271. The van der Waals surface area contributed by atoms with Crippen molar-refractivity contribution in [1.82, 2.24) is 26.6 Å². The number of para-hydroxylation sites is 6. The number of phenols is 3. The molecule has 4 aliphatic rings. The Morgan fingerprint density at radius 1 is 0.472 bits per heavy atom. The Morgan fingerprint density at radius 2 is 0.769 bits per heavy atom. The lowest BCUT2D eigenvalue weighted by Crippen LogP contribution is -2.54. The molecule has 0 aromatic heterocycles. The van der Waals surface area contributed by atoms with Crippen LogP contribution < -0.4 is 56.0 Å². The Bertz CT molecular complexity index is 4580. The first-order valence-electron chi connectivity index (χ1n) is 31.7. The Morgan fingerprint density at radius 3 is 1.04 bits per heavy atom. The monoisotopic (exact) mass is 1610 g/mol. The summed E-state index contributed by atoms with van der Waals surface area (Å²) in [5, 5.41) is 59.0. The summed E-state index contributed by atoms with van der Waals surface area (Å²) in [6.07, 6.45) is -0.915. The molecule has 0 saturated carbocycles. The number of halogens is 6. The summed E-state index contributed by atoms with van der Waals surface area (Å²) in [4.78, 5) is 195. The van der Waals surface area contributed by atoms with Crippen LogP contribution in [0.25, 0.3) is 0 Å². The van der Waals surface area contributed by atoms with Crippen molar-refractivity contribution in [1.29, 1.82) is 0 Å². The van der Waals surface area contributed by atoms with Gasteiger partial charge < -0.3 is 76.3 Å². The fourth-order valence-electron chi connectivity index (χ4n) is 11.4. The van der Waals surface area contributed by atoms with Crippen LogP contribution >= 0.6 is 69.6 Å². The third kappa shape index (κ3) is 20.0. The van der Waals surface area contributed by atoms with Crippen molar-refractivity contribution in [3.8, 4) is 17.2 Å². The molecule has 1 fully saturated rings. The second kappa shape index (κ2) is 36.3. The molecule has 10 rings (SSSR count). The number of fused-ring (bicyclic) bond motifs is 3. The van der Waals surface area contributed by atoms with E-state index < -0.39 is 157 Å². The molecule has 108 heavy (non-hydrogen) atoms. The van der Waals surface area contributed by atoms with E-state index in [1.807, 2.05) is 0 Å². The van der Waals surface area contributed by atoms with Gasteiger partial charge in [0.25, 0.3) is 35.4 Å². The van der Waals surface area contributed by atoms with Crippen molar-refractivity contribution < 1.29 is 102 Å². The molecule has 6 atom stereocenters. The second-order valence-electron chi connectivity index (χ2n) is 23.9. The molecule has 0 aliphatic carbocycles. The molecule has 4 heterocycles. The average Bonchev–Trinajstić information content (AvgIpc) is 1.64. The number of nitrogens with zero attached hydrogens (tertiary/aromatic N) is 6. The highest BCUT2D eigenvalue weighted by Crippen LogP contribution is 2.39. The van der Waals surface area contributed by atoms with Crippen LogP contribution in [0.2, 0.25) is 30.1 Å². The van der Waals surface area contributed by atoms with Gasteiger partial charge in [-0.3, -0.25) is 81.8 Å². The molecule has 6 aromatic rings. The number of benzene rings is 6. The van der Waals surface area contributed by atoms with E-state index in [-0.39, 0.29) is 110 Å². The van der Waals surface area contributed by atoms with E-state index in [2.05, 4.69) is 26.6 Å².